The van der Waals surface area contributed by atoms with E-state index in [-0.39, 0.29) is 13.1 Å². The van der Waals surface area contributed by atoms with Gasteiger partial charge in [-0.25, -0.2) is 0 Å². The highest BCUT2D eigenvalue weighted by Gasteiger charge is 2.48. The first kappa shape index (κ1) is 25.5. The van der Waals surface area contributed by atoms with Gasteiger partial charge < -0.3 is 19.8 Å². The molecule has 4 atom stereocenters. The van der Waals surface area contributed by atoms with Crippen LogP contribution >= 0.6 is 0 Å². The Balaban J connectivity index is 0.000000968. The van der Waals surface area contributed by atoms with Crippen LogP contribution in [0.3, 0.4) is 0 Å². The molecule has 1 aromatic carbocycles. The fraction of sp³-hybridized carbons (Fsp3) is 0.692. The van der Waals surface area contributed by atoms with Crippen molar-refractivity contribution in [2.75, 3.05) is 26.3 Å². The maximum atomic E-state index is 12.9. The van der Waals surface area contributed by atoms with Crippen LogP contribution in [0.4, 0.5) is 0 Å². The third-order valence-corrected chi connectivity index (χ3v) is 7.30. The zero-order chi connectivity index (χ0) is 23.8. The molecule has 2 N–H and O–H groups in total. The van der Waals surface area contributed by atoms with E-state index in [0.29, 0.717) is 42.4 Å². The fourth-order valence-corrected chi connectivity index (χ4v) is 5.99. The van der Waals surface area contributed by atoms with E-state index in [4.69, 9.17) is 19.7 Å². The predicted octanol–water partition coefficient (Wildman–Crippen LogP) is 3.40. The number of hydrogen-bond donors (Lipinski definition) is 2. The van der Waals surface area contributed by atoms with E-state index in [9.17, 15) is 4.79 Å². The summed E-state index contributed by atoms with van der Waals surface area (Å²) in [6.45, 7) is 7.87. The molecule has 1 aromatic rings. The smallest absolute Gasteiger partial charge is 0.290 e. The number of likely N-dealkylation sites (tertiary alicyclic amines) is 1. The van der Waals surface area contributed by atoms with Crippen LogP contribution in [-0.4, -0.2) is 70.8 Å². The SMILES string of the molecule is CC(C)CC[C@H]1[C@H]2C[C@H](CN(Cc3ccc(OCCO)cc3)C2)[C@@H]2CCCC(=O)N21.O=CO. The molecule has 0 radical (unpaired) electrons. The topological polar surface area (TPSA) is 90.3 Å². The molecule has 1 amide bonds. The molecule has 4 rings (SSSR count). The van der Waals surface area contributed by atoms with Crippen molar-refractivity contribution in [3.63, 3.8) is 0 Å². The summed E-state index contributed by atoms with van der Waals surface area (Å²) in [5.74, 6) is 3.14. The molecular weight excluding hydrogens is 420 g/mol. The van der Waals surface area contributed by atoms with Crippen molar-refractivity contribution in [1.29, 1.82) is 0 Å². The van der Waals surface area contributed by atoms with Crippen LogP contribution < -0.4 is 4.74 Å². The largest absolute Gasteiger partial charge is 0.491 e. The van der Waals surface area contributed by atoms with Crippen LogP contribution in [0.15, 0.2) is 24.3 Å². The van der Waals surface area contributed by atoms with E-state index in [2.05, 4.69) is 35.8 Å². The molecule has 7 nitrogen and oxygen atoms in total. The Morgan fingerprint density at radius 3 is 2.55 bits per heavy atom. The lowest BCUT2D eigenvalue weighted by Gasteiger charge is -2.57. The summed E-state index contributed by atoms with van der Waals surface area (Å²) >= 11 is 0. The monoisotopic (exact) mass is 460 g/mol. The Kier molecular flexibility index (Phi) is 9.56. The summed E-state index contributed by atoms with van der Waals surface area (Å²) in [5, 5.41) is 15.8. The molecule has 0 unspecified atom stereocenters. The van der Waals surface area contributed by atoms with Gasteiger partial charge in [0.05, 0.1) is 6.61 Å². The van der Waals surface area contributed by atoms with Crippen molar-refractivity contribution in [3.05, 3.63) is 29.8 Å². The van der Waals surface area contributed by atoms with E-state index in [1.165, 1.54) is 24.8 Å². The summed E-state index contributed by atoms with van der Waals surface area (Å²) < 4.78 is 5.49. The lowest BCUT2D eigenvalue weighted by molar-refractivity contribution is -0.153. The number of ether oxygens (including phenoxy) is 1. The minimum atomic E-state index is -0.250. The van der Waals surface area contributed by atoms with Gasteiger partial charge in [-0.3, -0.25) is 14.5 Å². The van der Waals surface area contributed by atoms with Crippen LogP contribution in [0, 0.1) is 17.8 Å². The van der Waals surface area contributed by atoms with Crippen molar-refractivity contribution >= 4 is 12.4 Å². The van der Waals surface area contributed by atoms with E-state index < -0.39 is 0 Å². The maximum absolute atomic E-state index is 12.9. The van der Waals surface area contributed by atoms with E-state index in [1.807, 2.05) is 12.1 Å². The molecule has 3 aliphatic heterocycles. The van der Waals surface area contributed by atoms with Gasteiger partial charge in [0.15, 0.2) is 0 Å². The number of piperidine rings is 3. The quantitative estimate of drug-likeness (QED) is 0.578. The van der Waals surface area contributed by atoms with Crippen molar-refractivity contribution in [2.45, 2.75) is 71.0 Å². The standard InChI is InChI=1S/C25H38N2O3.CH2O2/c1-18(2)6-11-24-21-14-20(23-4-3-5-25(29)27(23)24)16-26(17-21)15-19-7-9-22(10-8-19)30-13-12-28;2-1-3/h7-10,18,20-21,23-24,28H,3-6,11-17H2,1-2H3;1H,(H,2,3)/t20-,21+,23+,24+;/m1./s1. The van der Waals surface area contributed by atoms with E-state index in [0.717, 1.165) is 44.6 Å². The molecule has 3 aliphatic rings. The minimum absolute atomic E-state index is 0.0387. The van der Waals surface area contributed by atoms with Gasteiger partial charge in [0.1, 0.15) is 12.4 Å². The van der Waals surface area contributed by atoms with Crippen molar-refractivity contribution < 1.29 is 24.5 Å². The molecular formula is C26H40N2O5. The van der Waals surface area contributed by atoms with Gasteiger partial charge in [-0.1, -0.05) is 26.0 Å². The number of nitrogens with zero attached hydrogens (tertiary/aromatic N) is 2. The normalized spacial score (nSPS) is 26.9. The molecule has 0 spiro atoms. The average Bonchev–Trinajstić information content (AvgIpc) is 2.79. The Hall–Kier alpha value is -2.12. The van der Waals surface area contributed by atoms with Crippen molar-refractivity contribution in [1.82, 2.24) is 9.80 Å². The number of carbonyl (C=O) groups is 2. The summed E-state index contributed by atoms with van der Waals surface area (Å²) in [6, 6.07) is 9.18. The first-order valence-corrected chi connectivity index (χ1v) is 12.4. The van der Waals surface area contributed by atoms with E-state index in [1.54, 1.807) is 0 Å². The Morgan fingerprint density at radius 2 is 1.88 bits per heavy atom. The highest BCUT2D eigenvalue weighted by atomic mass is 16.5. The number of carboxylic acid groups (broad SMARTS) is 1. The Bertz CT molecular complexity index is 754. The van der Waals surface area contributed by atoms with Crippen molar-refractivity contribution in [2.24, 2.45) is 17.8 Å². The minimum Gasteiger partial charge on any atom is -0.491 e. The molecule has 3 heterocycles. The molecule has 0 aliphatic carbocycles. The van der Waals surface area contributed by atoms with Gasteiger partial charge in [0.25, 0.3) is 6.47 Å². The second kappa shape index (κ2) is 12.4. The number of aliphatic hydroxyl groups is 1. The highest BCUT2D eigenvalue weighted by Crippen LogP contribution is 2.43. The van der Waals surface area contributed by atoms with Gasteiger partial charge in [0.2, 0.25) is 5.91 Å². The molecule has 0 aromatic heterocycles. The number of aliphatic hydroxyl groups excluding tert-OH is 1. The van der Waals surface area contributed by atoms with Crippen LogP contribution in [0.1, 0.15) is 57.9 Å². The molecule has 7 heteroatoms. The van der Waals surface area contributed by atoms with Crippen LogP contribution in [0.25, 0.3) is 0 Å². The van der Waals surface area contributed by atoms with Gasteiger partial charge in [-0.15, -0.1) is 0 Å². The zero-order valence-corrected chi connectivity index (χ0v) is 20.1. The number of carbonyl (C=O) groups excluding carboxylic acids is 1. The molecule has 33 heavy (non-hydrogen) atoms. The maximum Gasteiger partial charge on any atom is 0.290 e. The summed E-state index contributed by atoms with van der Waals surface area (Å²) in [5.41, 5.74) is 1.31. The van der Waals surface area contributed by atoms with Crippen LogP contribution in [-0.2, 0) is 16.1 Å². The van der Waals surface area contributed by atoms with Crippen molar-refractivity contribution in [3.8, 4) is 5.75 Å². The number of fused-ring (bicyclic) bond motifs is 4. The average molecular weight is 461 g/mol. The fourth-order valence-electron chi connectivity index (χ4n) is 5.99. The molecule has 0 saturated carbocycles. The predicted molar refractivity (Wildman–Crippen MR) is 127 cm³/mol. The summed E-state index contributed by atoms with van der Waals surface area (Å²) in [6.07, 6.45) is 6.66. The summed E-state index contributed by atoms with van der Waals surface area (Å²) in [4.78, 5) is 26.2. The Morgan fingerprint density at radius 1 is 1.18 bits per heavy atom. The first-order valence-electron chi connectivity index (χ1n) is 12.4. The molecule has 184 valence electrons. The van der Waals surface area contributed by atoms with Gasteiger partial charge in [-0.2, -0.15) is 0 Å². The van der Waals surface area contributed by atoms with Gasteiger partial charge in [-0.05, 0) is 67.6 Å². The van der Waals surface area contributed by atoms with Gasteiger partial charge in [0, 0.05) is 38.1 Å². The van der Waals surface area contributed by atoms with Crippen LogP contribution in [0.5, 0.6) is 5.75 Å². The molecule has 3 fully saturated rings. The second-order valence-corrected chi connectivity index (χ2v) is 10.1. The second-order valence-electron chi connectivity index (χ2n) is 10.1. The number of benzene rings is 1. The third kappa shape index (κ3) is 6.70. The third-order valence-electron chi connectivity index (χ3n) is 7.30. The molecule has 3 saturated heterocycles. The zero-order valence-electron chi connectivity index (χ0n) is 20.1. The van der Waals surface area contributed by atoms with Gasteiger partial charge >= 0.3 is 0 Å². The summed E-state index contributed by atoms with van der Waals surface area (Å²) in [7, 11) is 0. The van der Waals surface area contributed by atoms with Crippen LogP contribution in [0.2, 0.25) is 0 Å². The lowest BCUT2D eigenvalue weighted by atomic mass is 9.70. The molecule has 2 bridgehead atoms. The lowest BCUT2D eigenvalue weighted by Crippen LogP contribution is -2.64. The van der Waals surface area contributed by atoms with E-state index >= 15 is 0 Å². The number of amides is 1. The highest BCUT2D eigenvalue weighted by molar-refractivity contribution is 5.78. The number of hydrogen-bond acceptors (Lipinski definition) is 5. The first-order chi connectivity index (χ1) is 16.0. The Labute approximate surface area is 197 Å². The number of rotatable bonds is 8.